The predicted octanol–water partition coefficient (Wildman–Crippen LogP) is 10.7. The van der Waals surface area contributed by atoms with Crippen molar-refractivity contribution in [1.82, 2.24) is 29.5 Å². The van der Waals surface area contributed by atoms with Crippen LogP contribution in [0.15, 0.2) is 146 Å². The summed E-state index contributed by atoms with van der Waals surface area (Å²) >= 11 is 5.53. The maximum atomic E-state index is 15.1. The number of benzene rings is 5. The number of para-hydroxylation sites is 2. The van der Waals surface area contributed by atoms with Gasteiger partial charge in [0.2, 0.25) is 5.95 Å². The third-order valence-corrected chi connectivity index (χ3v) is 14.8. The van der Waals surface area contributed by atoms with Crippen molar-refractivity contribution in [2.75, 3.05) is 44.7 Å². The molecule has 0 saturated carbocycles. The molecule has 378 valence electrons. The molecule has 5 aromatic carbocycles. The summed E-state index contributed by atoms with van der Waals surface area (Å²) in [5, 5.41) is 15.8. The van der Waals surface area contributed by atoms with Crippen LogP contribution in [0.25, 0.3) is 11.2 Å². The number of rotatable bonds is 21. The highest BCUT2D eigenvalue weighted by Gasteiger charge is 2.45. The zero-order valence-electron chi connectivity index (χ0n) is 41.9. The second kappa shape index (κ2) is 24.2. The van der Waals surface area contributed by atoms with Gasteiger partial charge < -0.3 is 38.6 Å². The molecule has 3 heterocycles. The van der Waals surface area contributed by atoms with Crippen LogP contribution in [0.4, 0.5) is 17.3 Å². The number of fused-ring (bicyclic) bond motifs is 1. The minimum absolute atomic E-state index is 0.0244. The number of aromatic nitrogens is 4. The Morgan fingerprint density at radius 3 is 1.90 bits per heavy atom. The van der Waals surface area contributed by atoms with E-state index in [9.17, 15) is 5.26 Å². The molecule has 18 heteroatoms. The smallest absolute Gasteiger partial charge is 0.283 e. The largest absolute Gasteiger partial charge is 0.497 e. The number of carbonyl (C=O) groups excluding carboxylic acids is 1. The van der Waals surface area contributed by atoms with Crippen LogP contribution in [-0.4, -0.2) is 94.0 Å². The van der Waals surface area contributed by atoms with Crippen molar-refractivity contribution in [2.45, 2.75) is 76.7 Å². The van der Waals surface area contributed by atoms with Gasteiger partial charge >= 0.3 is 0 Å². The fourth-order valence-corrected chi connectivity index (χ4v) is 10.8. The summed E-state index contributed by atoms with van der Waals surface area (Å²) in [6.45, 7) is 8.58. The number of amides is 1. The SMILES string of the molecule is CNC(=S)Nc1nc(C(=O)N(c2ccccc2)c2ccccc2)c2ncn([C@H]3C[C@H](OP(OCCC#N)N(C(C)C)C(C)C)[C@@H](COC(c4ccccc4)(c4ccc(OC)cc4)c4ccc(OC)cc4)O3)c2n1. The van der Waals surface area contributed by atoms with E-state index < -0.39 is 38.5 Å². The number of ether oxygens (including phenoxy) is 4. The lowest BCUT2D eigenvalue weighted by atomic mass is 9.80. The molecule has 73 heavy (non-hydrogen) atoms. The van der Waals surface area contributed by atoms with Gasteiger partial charge in [-0.25, -0.2) is 14.6 Å². The van der Waals surface area contributed by atoms with Crippen LogP contribution in [0.5, 0.6) is 11.5 Å². The lowest BCUT2D eigenvalue weighted by Crippen LogP contribution is -2.39. The number of carbonyl (C=O) groups is 1. The Hall–Kier alpha value is -6.87. The third kappa shape index (κ3) is 11.7. The second-order valence-corrected chi connectivity index (χ2v) is 19.4. The molecular weight excluding hydrogens is 962 g/mol. The quantitative estimate of drug-likeness (QED) is 0.0301. The van der Waals surface area contributed by atoms with E-state index >= 15 is 4.79 Å². The van der Waals surface area contributed by atoms with E-state index in [0.717, 1.165) is 16.7 Å². The molecule has 1 amide bonds. The van der Waals surface area contributed by atoms with E-state index in [4.69, 9.17) is 55.2 Å². The Labute approximate surface area is 433 Å². The molecule has 4 atom stereocenters. The second-order valence-electron chi connectivity index (χ2n) is 17.6. The van der Waals surface area contributed by atoms with E-state index in [1.165, 1.54) is 0 Å². The molecule has 1 unspecified atom stereocenters. The topological polar surface area (TPSA) is 170 Å². The predicted molar refractivity (Wildman–Crippen MR) is 287 cm³/mol. The van der Waals surface area contributed by atoms with Crippen LogP contribution in [0.1, 0.15) is 73.9 Å². The van der Waals surface area contributed by atoms with E-state index in [-0.39, 0.29) is 54.0 Å². The molecule has 8 rings (SSSR count). The highest BCUT2D eigenvalue weighted by Crippen LogP contribution is 2.51. The molecule has 0 spiro atoms. The minimum Gasteiger partial charge on any atom is -0.497 e. The summed E-state index contributed by atoms with van der Waals surface area (Å²) in [6.07, 6.45) is -0.0245. The Morgan fingerprint density at radius 1 is 0.836 bits per heavy atom. The maximum Gasteiger partial charge on any atom is 0.283 e. The van der Waals surface area contributed by atoms with Crippen molar-refractivity contribution < 1.29 is 32.8 Å². The van der Waals surface area contributed by atoms with E-state index in [1.54, 1.807) is 37.1 Å². The number of anilines is 3. The summed E-state index contributed by atoms with van der Waals surface area (Å²) in [4.78, 5) is 31.2. The number of nitriles is 1. The molecule has 0 radical (unpaired) electrons. The van der Waals surface area contributed by atoms with Crippen molar-refractivity contribution in [3.05, 3.63) is 168 Å². The molecule has 0 aliphatic carbocycles. The van der Waals surface area contributed by atoms with E-state index in [2.05, 4.69) is 49.1 Å². The molecular formula is C55H60N9O7PS. The van der Waals surface area contributed by atoms with Crippen molar-refractivity contribution >= 4 is 60.3 Å². The van der Waals surface area contributed by atoms with Crippen LogP contribution < -0.4 is 25.0 Å². The van der Waals surface area contributed by atoms with Gasteiger partial charge in [-0.15, -0.1) is 0 Å². The monoisotopic (exact) mass is 1020 g/mol. The molecule has 2 N–H and O–H groups in total. The fourth-order valence-electron chi connectivity index (χ4n) is 8.96. The first-order valence-corrected chi connectivity index (χ1v) is 25.6. The van der Waals surface area contributed by atoms with Gasteiger partial charge in [0.1, 0.15) is 34.9 Å². The first-order chi connectivity index (χ1) is 35.5. The lowest BCUT2D eigenvalue weighted by molar-refractivity contribution is -0.0912. The normalized spacial score (nSPS) is 16.1. The highest BCUT2D eigenvalue weighted by atomic mass is 32.1. The van der Waals surface area contributed by atoms with Crippen molar-refractivity contribution in [2.24, 2.45) is 0 Å². The van der Waals surface area contributed by atoms with Gasteiger partial charge in [0.05, 0.1) is 52.4 Å². The van der Waals surface area contributed by atoms with Crippen molar-refractivity contribution in [1.29, 1.82) is 5.26 Å². The standard InChI is InChI=1S/C55H60N9O7PS/c1-37(2)64(38(3)4)72(69-33-17-32-56)71-46-34-48(70-47(46)35-68-55(39-18-11-8-12-19-39,40-24-28-44(66-6)29-25-40)41-26-30-45(67-7)31-27-41)62-36-58-49-50(59-53(60-51(49)62)61-54(73)57-5)52(65)63(42-20-13-9-14-21-42)43-22-15-10-16-23-43/h8-16,18-31,36-38,46-48H,17,33-35H2,1-7H3,(H2,57,59,60,61,73)/t46-,47+,48+,72?/m0/s1. The average Bonchev–Trinajstić information content (AvgIpc) is 4.03. The molecule has 16 nitrogen and oxygen atoms in total. The number of thiocarbonyl (C=S) groups is 1. The number of nitrogens with one attached hydrogen (secondary N) is 2. The molecule has 1 fully saturated rings. The summed E-state index contributed by atoms with van der Waals surface area (Å²) in [6, 6.07) is 46.7. The van der Waals surface area contributed by atoms with Crippen molar-refractivity contribution in [3.8, 4) is 17.6 Å². The van der Waals surface area contributed by atoms with Gasteiger partial charge in [0.25, 0.3) is 14.4 Å². The zero-order chi connectivity index (χ0) is 51.5. The van der Waals surface area contributed by atoms with Gasteiger partial charge in [0, 0.05) is 36.9 Å². The van der Waals surface area contributed by atoms with Crippen LogP contribution in [0.2, 0.25) is 0 Å². The first kappa shape index (κ1) is 52.5. The van der Waals surface area contributed by atoms with Crippen LogP contribution in [0.3, 0.4) is 0 Å². The summed E-state index contributed by atoms with van der Waals surface area (Å²) < 4.78 is 43.5. The van der Waals surface area contributed by atoms with Gasteiger partial charge in [-0.2, -0.15) is 10.2 Å². The number of nitrogens with zero attached hydrogens (tertiary/aromatic N) is 7. The Balaban J connectivity index is 1.25. The third-order valence-electron chi connectivity index (χ3n) is 12.3. The number of hydrogen-bond donors (Lipinski definition) is 2. The molecule has 1 saturated heterocycles. The number of methoxy groups -OCH3 is 2. The highest BCUT2D eigenvalue weighted by molar-refractivity contribution is 7.80. The molecule has 2 aromatic heterocycles. The molecule has 1 aliphatic heterocycles. The number of imidazole rings is 1. The van der Waals surface area contributed by atoms with Gasteiger partial charge in [-0.1, -0.05) is 91.0 Å². The number of hydrogen-bond acceptors (Lipinski definition) is 13. The van der Waals surface area contributed by atoms with Crippen molar-refractivity contribution in [3.63, 3.8) is 0 Å². The van der Waals surface area contributed by atoms with Crippen LogP contribution in [0, 0.1) is 11.3 Å². The van der Waals surface area contributed by atoms with Gasteiger partial charge in [0.15, 0.2) is 16.5 Å². The Kier molecular flexibility index (Phi) is 17.4. The summed E-state index contributed by atoms with van der Waals surface area (Å²) in [7, 11) is 3.21. The fraction of sp³-hybridized carbons (Fsp3) is 0.309. The first-order valence-electron chi connectivity index (χ1n) is 24.1. The maximum absolute atomic E-state index is 15.1. The van der Waals surface area contributed by atoms with Crippen LogP contribution in [-0.2, 0) is 24.1 Å². The van der Waals surface area contributed by atoms with Gasteiger partial charge in [-0.3, -0.25) is 14.3 Å². The Morgan fingerprint density at radius 2 is 1.38 bits per heavy atom. The minimum atomic E-state index is -1.74. The Bertz CT molecular complexity index is 2870. The lowest BCUT2D eigenvalue weighted by Gasteiger charge is -2.39. The molecule has 1 aliphatic rings. The molecule has 7 aromatic rings. The summed E-state index contributed by atoms with van der Waals surface area (Å²) in [5.74, 6) is 1.03. The van der Waals surface area contributed by atoms with Crippen LogP contribution >= 0.6 is 20.7 Å². The summed E-state index contributed by atoms with van der Waals surface area (Å²) in [5.41, 5.74) is 3.26. The van der Waals surface area contributed by atoms with E-state index in [1.807, 2.05) is 140 Å². The van der Waals surface area contributed by atoms with E-state index in [0.29, 0.717) is 34.9 Å². The molecule has 0 bridgehead atoms. The van der Waals surface area contributed by atoms with Gasteiger partial charge in [-0.05, 0) is 105 Å². The average molecular weight is 1020 g/mol. The zero-order valence-corrected chi connectivity index (χ0v) is 43.6.